The van der Waals surface area contributed by atoms with E-state index >= 15 is 0 Å². The predicted molar refractivity (Wildman–Crippen MR) is 66.5 cm³/mol. The van der Waals surface area contributed by atoms with Crippen molar-refractivity contribution in [1.29, 1.82) is 0 Å². The van der Waals surface area contributed by atoms with Gasteiger partial charge in [-0.15, -0.1) is 0 Å². The first-order chi connectivity index (χ1) is 8.58. The summed E-state index contributed by atoms with van der Waals surface area (Å²) in [6.07, 6.45) is 6.48. The minimum Gasteiger partial charge on any atom is -0.480 e. The highest BCUT2D eigenvalue weighted by Gasteiger charge is 2.27. The Morgan fingerprint density at radius 1 is 1.56 bits per heavy atom. The number of carboxylic acid groups (broad SMARTS) is 1. The molecule has 0 saturated heterocycles. The first-order valence-electron chi connectivity index (χ1n) is 6.36. The van der Waals surface area contributed by atoms with Gasteiger partial charge < -0.3 is 5.11 Å². The van der Waals surface area contributed by atoms with E-state index in [0.717, 1.165) is 35.9 Å². The van der Waals surface area contributed by atoms with Crippen LogP contribution < -0.4 is 5.56 Å². The zero-order valence-electron chi connectivity index (χ0n) is 10.5. The molecule has 1 heterocycles. The van der Waals surface area contributed by atoms with Crippen LogP contribution >= 0.6 is 0 Å². The van der Waals surface area contributed by atoms with Gasteiger partial charge in [-0.3, -0.25) is 4.79 Å². The number of nitrogens with zero attached hydrogens (tertiary/aromatic N) is 2. The molecule has 1 aliphatic rings. The first kappa shape index (κ1) is 12.8. The smallest absolute Gasteiger partial charge is 0.328 e. The predicted octanol–water partition coefficient (Wildman–Crippen LogP) is 1.76. The van der Waals surface area contributed by atoms with Crippen molar-refractivity contribution < 1.29 is 9.90 Å². The molecule has 1 fully saturated rings. The van der Waals surface area contributed by atoms with Crippen molar-refractivity contribution in [2.45, 2.75) is 45.1 Å². The zero-order valence-corrected chi connectivity index (χ0v) is 10.5. The van der Waals surface area contributed by atoms with Gasteiger partial charge in [-0.1, -0.05) is 25.7 Å². The molecule has 5 nitrogen and oxygen atoms in total. The lowest BCUT2D eigenvalue weighted by molar-refractivity contribution is -0.142. The molecule has 1 saturated carbocycles. The first-order valence-corrected chi connectivity index (χ1v) is 6.36. The number of rotatable bonds is 4. The third-order valence-electron chi connectivity index (χ3n) is 3.57. The Bertz CT molecular complexity index is 489. The van der Waals surface area contributed by atoms with E-state index in [2.05, 4.69) is 5.10 Å². The molecule has 98 valence electrons. The van der Waals surface area contributed by atoms with Crippen molar-refractivity contribution >= 4 is 5.97 Å². The van der Waals surface area contributed by atoms with E-state index < -0.39 is 12.0 Å². The minimum atomic E-state index is -0.972. The van der Waals surface area contributed by atoms with Gasteiger partial charge in [0.05, 0.1) is 6.20 Å². The van der Waals surface area contributed by atoms with Gasteiger partial charge in [-0.2, -0.15) is 5.10 Å². The van der Waals surface area contributed by atoms with Crippen LogP contribution in [0.4, 0.5) is 0 Å². The second kappa shape index (κ2) is 5.33. The largest absolute Gasteiger partial charge is 0.480 e. The highest BCUT2D eigenvalue weighted by atomic mass is 16.4. The van der Waals surface area contributed by atoms with Crippen LogP contribution in [-0.4, -0.2) is 20.9 Å². The lowest BCUT2D eigenvalue weighted by atomic mass is 9.98. The Morgan fingerprint density at radius 3 is 2.78 bits per heavy atom. The Kier molecular flexibility index (Phi) is 3.79. The molecule has 1 aromatic heterocycles. The summed E-state index contributed by atoms with van der Waals surface area (Å²) >= 11 is 0. The van der Waals surface area contributed by atoms with Gasteiger partial charge in [0, 0.05) is 6.07 Å². The molecular formula is C13H18N2O3. The third kappa shape index (κ3) is 2.78. The van der Waals surface area contributed by atoms with Gasteiger partial charge in [0.1, 0.15) is 0 Å². The zero-order chi connectivity index (χ0) is 13.1. The number of hydrogen-bond donors (Lipinski definition) is 1. The number of carbonyl (C=O) groups is 1. The lowest BCUT2D eigenvalue weighted by Crippen LogP contribution is -2.32. The summed E-state index contributed by atoms with van der Waals surface area (Å²) in [5.41, 5.74) is 0.418. The molecule has 1 aromatic rings. The number of aryl methyl sites for hydroxylation is 1. The second-order valence-corrected chi connectivity index (χ2v) is 5.06. The number of aliphatic carboxylic acids is 1. The fourth-order valence-electron chi connectivity index (χ4n) is 2.61. The molecule has 1 atom stereocenters. The molecular weight excluding hydrogens is 232 g/mol. The van der Waals surface area contributed by atoms with Gasteiger partial charge in [0.25, 0.3) is 5.56 Å². The SMILES string of the molecule is Cc1cnn(C(CC2CCCC2)C(=O)O)c(=O)c1. The van der Waals surface area contributed by atoms with Crippen LogP contribution in [0.15, 0.2) is 17.1 Å². The van der Waals surface area contributed by atoms with Crippen LogP contribution in [-0.2, 0) is 4.79 Å². The molecule has 1 N–H and O–H groups in total. The van der Waals surface area contributed by atoms with Crippen molar-refractivity contribution in [1.82, 2.24) is 9.78 Å². The molecule has 1 unspecified atom stereocenters. The fraction of sp³-hybridized carbons (Fsp3) is 0.615. The summed E-state index contributed by atoms with van der Waals surface area (Å²) in [7, 11) is 0. The molecule has 18 heavy (non-hydrogen) atoms. The van der Waals surface area contributed by atoms with Crippen LogP contribution in [0.5, 0.6) is 0 Å². The van der Waals surface area contributed by atoms with Gasteiger partial charge in [-0.25, -0.2) is 9.48 Å². The third-order valence-corrected chi connectivity index (χ3v) is 3.57. The van der Waals surface area contributed by atoms with Gasteiger partial charge in [0.2, 0.25) is 0 Å². The summed E-state index contributed by atoms with van der Waals surface area (Å²) in [4.78, 5) is 23.1. The molecule has 0 aromatic carbocycles. The average molecular weight is 250 g/mol. The molecule has 5 heteroatoms. The monoisotopic (exact) mass is 250 g/mol. The molecule has 0 aliphatic heterocycles. The second-order valence-electron chi connectivity index (χ2n) is 5.06. The highest BCUT2D eigenvalue weighted by molar-refractivity contribution is 5.71. The molecule has 0 bridgehead atoms. The van der Waals surface area contributed by atoms with Crippen LogP contribution in [0.1, 0.15) is 43.7 Å². The fourth-order valence-corrected chi connectivity index (χ4v) is 2.61. The summed E-state index contributed by atoms with van der Waals surface area (Å²) < 4.78 is 1.10. The van der Waals surface area contributed by atoms with Crippen LogP contribution in [0, 0.1) is 12.8 Å². The van der Waals surface area contributed by atoms with Crippen molar-refractivity contribution in [3.05, 3.63) is 28.2 Å². The Labute approximate surface area is 105 Å². The Balaban J connectivity index is 2.23. The van der Waals surface area contributed by atoms with Crippen LogP contribution in [0.3, 0.4) is 0 Å². The summed E-state index contributed by atoms with van der Waals surface area (Å²) in [6.45, 7) is 1.77. The molecule has 0 spiro atoms. The van der Waals surface area contributed by atoms with Crippen molar-refractivity contribution in [2.24, 2.45) is 5.92 Å². The van der Waals surface area contributed by atoms with E-state index in [1.807, 2.05) is 0 Å². The normalized spacial score (nSPS) is 17.8. The number of aromatic nitrogens is 2. The van der Waals surface area contributed by atoms with Gasteiger partial charge in [-0.05, 0) is 24.8 Å². The molecule has 1 aliphatic carbocycles. The summed E-state index contributed by atoms with van der Waals surface area (Å²) in [5, 5.41) is 13.2. The van der Waals surface area contributed by atoms with Crippen LogP contribution in [0.2, 0.25) is 0 Å². The Hall–Kier alpha value is -1.65. The number of hydrogen-bond acceptors (Lipinski definition) is 3. The highest BCUT2D eigenvalue weighted by Crippen LogP contribution is 2.31. The van der Waals surface area contributed by atoms with Gasteiger partial charge >= 0.3 is 5.97 Å². The minimum absolute atomic E-state index is 0.333. The maximum absolute atomic E-state index is 11.8. The van der Waals surface area contributed by atoms with Crippen LogP contribution in [0.25, 0.3) is 0 Å². The van der Waals surface area contributed by atoms with Crippen molar-refractivity contribution in [3.63, 3.8) is 0 Å². The quantitative estimate of drug-likeness (QED) is 0.883. The van der Waals surface area contributed by atoms with Gasteiger partial charge in [0.15, 0.2) is 6.04 Å². The van der Waals surface area contributed by atoms with E-state index in [0.29, 0.717) is 12.3 Å². The van der Waals surface area contributed by atoms with E-state index in [1.54, 1.807) is 6.92 Å². The maximum Gasteiger partial charge on any atom is 0.328 e. The standard InChI is InChI=1S/C13H18N2O3/c1-9-6-12(16)15(14-8-9)11(13(17)18)7-10-4-2-3-5-10/h6,8,10-11H,2-5,7H2,1H3,(H,17,18). The summed E-state index contributed by atoms with van der Waals surface area (Å²) in [5.74, 6) is -0.568. The molecule has 0 amide bonds. The van der Waals surface area contributed by atoms with E-state index in [-0.39, 0.29) is 5.56 Å². The maximum atomic E-state index is 11.8. The average Bonchev–Trinajstić information content (AvgIpc) is 2.79. The topological polar surface area (TPSA) is 72.2 Å². The van der Waals surface area contributed by atoms with E-state index in [1.165, 1.54) is 12.3 Å². The molecule has 2 rings (SSSR count). The Morgan fingerprint density at radius 2 is 2.22 bits per heavy atom. The molecule has 0 radical (unpaired) electrons. The van der Waals surface area contributed by atoms with E-state index in [9.17, 15) is 14.7 Å². The summed E-state index contributed by atoms with van der Waals surface area (Å²) in [6, 6.07) is 0.596. The number of carboxylic acids is 1. The van der Waals surface area contributed by atoms with Crippen molar-refractivity contribution in [3.8, 4) is 0 Å². The van der Waals surface area contributed by atoms with Crippen molar-refractivity contribution in [2.75, 3.05) is 0 Å². The lowest BCUT2D eigenvalue weighted by Gasteiger charge is -2.17. The van der Waals surface area contributed by atoms with E-state index in [4.69, 9.17) is 0 Å².